The van der Waals surface area contributed by atoms with Gasteiger partial charge in [-0.3, -0.25) is 9.59 Å². The van der Waals surface area contributed by atoms with Crippen molar-refractivity contribution in [3.05, 3.63) is 42.0 Å². The number of anilines is 1. The molecule has 0 radical (unpaired) electrons. The molecule has 2 atom stereocenters. The molecular formula is C22H26F3N3O4. The Kier molecular flexibility index (Phi) is 7.22. The fourth-order valence-electron chi connectivity index (χ4n) is 3.72. The van der Waals surface area contributed by atoms with Crippen LogP contribution in [0.4, 0.5) is 18.9 Å². The summed E-state index contributed by atoms with van der Waals surface area (Å²) in [5.74, 6) is -2.93. The first-order valence-corrected chi connectivity index (χ1v) is 10.5. The van der Waals surface area contributed by atoms with Crippen molar-refractivity contribution in [2.45, 2.75) is 51.4 Å². The topological polar surface area (TPSA) is 79.0 Å². The third-order valence-corrected chi connectivity index (χ3v) is 5.38. The molecule has 0 unspecified atom stereocenters. The van der Waals surface area contributed by atoms with Crippen LogP contribution in [0.25, 0.3) is 0 Å². The molecule has 3 rings (SSSR count). The second kappa shape index (κ2) is 9.72. The van der Waals surface area contributed by atoms with E-state index in [0.717, 1.165) is 22.7 Å². The first-order chi connectivity index (χ1) is 15.1. The van der Waals surface area contributed by atoms with Gasteiger partial charge in [-0.25, -0.2) is 4.79 Å². The van der Waals surface area contributed by atoms with E-state index in [1.165, 1.54) is 6.08 Å². The first-order valence-electron chi connectivity index (χ1n) is 10.5. The molecule has 2 amide bonds. The first kappa shape index (κ1) is 23.8. The van der Waals surface area contributed by atoms with Crippen molar-refractivity contribution in [3.8, 4) is 0 Å². The van der Waals surface area contributed by atoms with Crippen LogP contribution in [0.1, 0.15) is 32.3 Å². The number of carbonyl (C=O) groups is 3. The number of fused-ring (bicyclic) bond motifs is 1. The Morgan fingerprint density at radius 2 is 1.94 bits per heavy atom. The minimum Gasteiger partial charge on any atom is -0.360 e. The number of halogens is 3. The van der Waals surface area contributed by atoms with Gasteiger partial charge >= 0.3 is 12.1 Å². The van der Waals surface area contributed by atoms with Gasteiger partial charge in [0, 0.05) is 30.9 Å². The van der Waals surface area contributed by atoms with Crippen molar-refractivity contribution in [3.63, 3.8) is 0 Å². The van der Waals surface area contributed by atoms with Gasteiger partial charge in [0.15, 0.2) is 0 Å². The Bertz CT molecular complexity index is 901. The zero-order valence-corrected chi connectivity index (χ0v) is 17.9. The molecule has 10 heteroatoms. The maximum absolute atomic E-state index is 12.7. The molecule has 1 saturated heterocycles. The Morgan fingerprint density at radius 3 is 2.56 bits per heavy atom. The summed E-state index contributed by atoms with van der Waals surface area (Å²) in [6.07, 6.45) is -0.548. The summed E-state index contributed by atoms with van der Waals surface area (Å²) in [7, 11) is 0. The smallest absolute Gasteiger partial charge is 0.360 e. The molecule has 1 aromatic carbocycles. The van der Waals surface area contributed by atoms with Gasteiger partial charge < -0.3 is 15.1 Å². The number of amides is 2. The van der Waals surface area contributed by atoms with Gasteiger partial charge in [-0.05, 0) is 36.8 Å². The van der Waals surface area contributed by atoms with Gasteiger partial charge in [0.05, 0.1) is 0 Å². The zero-order chi connectivity index (χ0) is 23.5. The monoisotopic (exact) mass is 453 g/mol. The van der Waals surface area contributed by atoms with Crippen LogP contribution >= 0.6 is 0 Å². The Balaban J connectivity index is 1.61. The number of nitrogens with one attached hydrogen (secondary N) is 1. The van der Waals surface area contributed by atoms with Crippen molar-refractivity contribution in [1.29, 1.82) is 0 Å². The van der Waals surface area contributed by atoms with E-state index in [1.54, 1.807) is 11.0 Å². The van der Waals surface area contributed by atoms with Crippen LogP contribution in [-0.4, -0.2) is 54.2 Å². The normalized spacial score (nSPS) is 19.6. The summed E-state index contributed by atoms with van der Waals surface area (Å²) in [6, 6.07) is 6.16. The summed E-state index contributed by atoms with van der Waals surface area (Å²) >= 11 is 0. The average Bonchev–Trinajstić information content (AvgIpc) is 3.12. The van der Waals surface area contributed by atoms with E-state index >= 15 is 0 Å². The number of para-hydroxylation sites is 1. The highest BCUT2D eigenvalue weighted by Gasteiger charge is 2.46. The summed E-state index contributed by atoms with van der Waals surface area (Å²) in [4.78, 5) is 42.2. The van der Waals surface area contributed by atoms with Crippen molar-refractivity contribution in [2.24, 2.45) is 5.92 Å². The molecule has 2 aliphatic rings. The van der Waals surface area contributed by atoms with E-state index < -0.39 is 30.1 Å². The van der Waals surface area contributed by atoms with Gasteiger partial charge in [-0.1, -0.05) is 38.1 Å². The number of nitrogens with zero attached hydrogens (tertiary/aromatic N) is 2. The number of hydrogen-bond acceptors (Lipinski definition) is 5. The molecule has 7 nitrogen and oxygen atoms in total. The predicted octanol–water partition coefficient (Wildman–Crippen LogP) is 2.76. The van der Waals surface area contributed by atoms with Crippen LogP contribution in [0.15, 0.2) is 36.4 Å². The lowest BCUT2D eigenvalue weighted by Gasteiger charge is -2.37. The highest BCUT2D eigenvalue weighted by molar-refractivity contribution is 6.03. The number of hydroxylamine groups is 2. The van der Waals surface area contributed by atoms with Crippen LogP contribution in [0.5, 0.6) is 0 Å². The van der Waals surface area contributed by atoms with E-state index in [-0.39, 0.29) is 24.8 Å². The van der Waals surface area contributed by atoms with Crippen LogP contribution in [0.3, 0.4) is 0 Å². The van der Waals surface area contributed by atoms with E-state index in [9.17, 15) is 27.6 Å². The van der Waals surface area contributed by atoms with E-state index in [4.69, 9.17) is 0 Å². The molecule has 174 valence electrons. The highest BCUT2D eigenvalue weighted by Crippen LogP contribution is 2.28. The second-order valence-electron chi connectivity index (χ2n) is 8.29. The van der Waals surface area contributed by atoms with Gasteiger partial charge in [-0.15, -0.1) is 5.06 Å². The van der Waals surface area contributed by atoms with Crippen molar-refractivity contribution < 1.29 is 32.4 Å². The highest BCUT2D eigenvalue weighted by atomic mass is 19.4. The fourth-order valence-corrected chi connectivity index (χ4v) is 3.72. The molecule has 0 aliphatic carbocycles. The van der Waals surface area contributed by atoms with Gasteiger partial charge in [0.1, 0.15) is 6.04 Å². The Labute approximate surface area is 184 Å². The summed E-state index contributed by atoms with van der Waals surface area (Å²) in [5.41, 5.74) is 1.96. The molecule has 32 heavy (non-hydrogen) atoms. The lowest BCUT2D eigenvalue weighted by Crippen LogP contribution is -2.58. The minimum absolute atomic E-state index is 0.0391. The molecule has 1 aromatic rings. The lowest BCUT2D eigenvalue weighted by molar-refractivity contribution is -0.261. The van der Waals surface area contributed by atoms with E-state index in [2.05, 4.69) is 10.2 Å². The summed E-state index contributed by atoms with van der Waals surface area (Å²) < 4.78 is 37.2. The molecule has 2 aliphatic heterocycles. The van der Waals surface area contributed by atoms with Crippen molar-refractivity contribution in [2.75, 3.05) is 18.0 Å². The fraction of sp³-hybridized carbons (Fsp3) is 0.500. The maximum Gasteiger partial charge on any atom is 0.492 e. The molecule has 2 heterocycles. The van der Waals surface area contributed by atoms with Crippen LogP contribution in [0.2, 0.25) is 0 Å². The third-order valence-electron chi connectivity index (χ3n) is 5.38. The molecule has 0 aromatic heterocycles. The number of benzene rings is 1. The van der Waals surface area contributed by atoms with Gasteiger partial charge in [0.25, 0.3) is 5.91 Å². The van der Waals surface area contributed by atoms with Crippen LogP contribution in [-0.2, 0) is 25.6 Å². The van der Waals surface area contributed by atoms with Crippen molar-refractivity contribution >= 4 is 23.5 Å². The number of carbonyl (C=O) groups excluding carboxylic acids is 3. The molecule has 0 spiro atoms. The Hall–Kier alpha value is -2.88. The van der Waals surface area contributed by atoms with Gasteiger partial charge in [0.2, 0.25) is 5.91 Å². The maximum atomic E-state index is 12.7. The third kappa shape index (κ3) is 5.67. The SMILES string of the molecule is CC(C)C[C@@H](/C=C/C(=O)N1CCc2ccccc21)NC(=O)[C@@H]1CCN1OC(=O)C(F)(F)F. The quantitative estimate of drug-likeness (QED) is 0.643. The number of alkyl halides is 3. The van der Waals surface area contributed by atoms with Crippen LogP contribution in [0, 0.1) is 5.92 Å². The standard InChI is InChI=1S/C22H26F3N3O4/c1-14(2)13-16(7-8-19(29)27-11-9-15-5-3-4-6-17(15)27)26-20(30)18-10-12-28(18)32-21(31)22(23,24)25/h3-8,14,16,18H,9-13H2,1-2H3,(H,26,30)/b8-7+/t16-,18+/m1/s1. The van der Waals surface area contributed by atoms with E-state index in [1.807, 2.05) is 38.1 Å². The van der Waals surface area contributed by atoms with Gasteiger partial charge in [-0.2, -0.15) is 13.2 Å². The zero-order valence-electron chi connectivity index (χ0n) is 17.9. The number of rotatable bonds is 7. The molecule has 1 fully saturated rings. The second-order valence-corrected chi connectivity index (χ2v) is 8.29. The average molecular weight is 453 g/mol. The van der Waals surface area contributed by atoms with Crippen LogP contribution < -0.4 is 10.2 Å². The number of hydrogen-bond donors (Lipinski definition) is 1. The Morgan fingerprint density at radius 1 is 1.22 bits per heavy atom. The molecule has 0 bridgehead atoms. The molecule has 0 saturated carbocycles. The summed E-state index contributed by atoms with van der Waals surface area (Å²) in [5, 5.41) is 3.48. The van der Waals surface area contributed by atoms with Crippen molar-refractivity contribution in [1.82, 2.24) is 10.4 Å². The molecular weight excluding hydrogens is 427 g/mol. The molecule has 1 N–H and O–H groups in total. The summed E-state index contributed by atoms with van der Waals surface area (Å²) in [6.45, 7) is 4.52. The lowest BCUT2D eigenvalue weighted by atomic mass is 10.0. The minimum atomic E-state index is -5.13. The van der Waals surface area contributed by atoms with E-state index in [0.29, 0.717) is 13.0 Å². The predicted molar refractivity (Wildman–Crippen MR) is 110 cm³/mol. The largest absolute Gasteiger partial charge is 0.492 e.